The van der Waals surface area contributed by atoms with Crippen molar-refractivity contribution in [3.05, 3.63) is 0 Å². The predicted molar refractivity (Wildman–Crippen MR) is 81.2 cm³/mol. The summed E-state index contributed by atoms with van der Waals surface area (Å²) >= 11 is 0. The summed E-state index contributed by atoms with van der Waals surface area (Å²) in [6.07, 6.45) is 9.95. The van der Waals surface area contributed by atoms with Gasteiger partial charge in [-0.2, -0.15) is 0 Å². The lowest BCUT2D eigenvalue weighted by Crippen LogP contribution is -2.42. The SMILES string of the molecule is CC1CC(C)CC(OC(=O)C2(CN)CCCCCC2)C1. The number of rotatable bonds is 3. The van der Waals surface area contributed by atoms with Crippen LogP contribution in [-0.4, -0.2) is 18.6 Å². The second-order valence-corrected chi connectivity index (χ2v) is 7.34. The van der Waals surface area contributed by atoms with Crippen LogP contribution >= 0.6 is 0 Å². The van der Waals surface area contributed by atoms with Crippen LogP contribution in [0, 0.1) is 17.3 Å². The zero-order chi connectivity index (χ0) is 14.6. The van der Waals surface area contributed by atoms with Gasteiger partial charge < -0.3 is 10.5 Å². The molecule has 2 atom stereocenters. The van der Waals surface area contributed by atoms with Gasteiger partial charge in [0.05, 0.1) is 5.41 Å². The number of carbonyl (C=O) groups is 1. The van der Waals surface area contributed by atoms with E-state index in [1.165, 1.54) is 19.3 Å². The van der Waals surface area contributed by atoms with E-state index in [1.807, 2.05) is 0 Å². The molecule has 0 aliphatic heterocycles. The Morgan fingerprint density at radius 2 is 1.60 bits per heavy atom. The van der Waals surface area contributed by atoms with Crippen LogP contribution in [0.25, 0.3) is 0 Å². The van der Waals surface area contributed by atoms with Crippen molar-refractivity contribution < 1.29 is 9.53 Å². The monoisotopic (exact) mass is 281 g/mol. The lowest BCUT2D eigenvalue weighted by Gasteiger charge is -2.35. The number of carbonyl (C=O) groups excluding carboxylic acids is 1. The van der Waals surface area contributed by atoms with Crippen molar-refractivity contribution in [2.24, 2.45) is 23.0 Å². The Hall–Kier alpha value is -0.570. The lowest BCUT2D eigenvalue weighted by atomic mass is 9.79. The van der Waals surface area contributed by atoms with E-state index in [1.54, 1.807) is 0 Å². The van der Waals surface area contributed by atoms with Crippen molar-refractivity contribution in [1.82, 2.24) is 0 Å². The first-order valence-electron chi connectivity index (χ1n) is 8.47. The highest BCUT2D eigenvalue weighted by molar-refractivity contribution is 5.77. The maximum absolute atomic E-state index is 12.7. The standard InChI is InChI=1S/C17H31NO2/c1-13-9-14(2)11-15(10-13)20-16(19)17(12-18)7-5-3-4-6-8-17/h13-15H,3-12,18H2,1-2H3. The minimum Gasteiger partial charge on any atom is -0.462 e. The van der Waals surface area contributed by atoms with Gasteiger partial charge in [-0.15, -0.1) is 0 Å². The van der Waals surface area contributed by atoms with E-state index in [-0.39, 0.29) is 17.5 Å². The summed E-state index contributed by atoms with van der Waals surface area (Å²) in [5.41, 5.74) is 5.58. The Kier molecular flexibility index (Phi) is 5.48. The Labute approximate surface area is 123 Å². The molecule has 0 bridgehead atoms. The molecule has 0 amide bonds. The van der Waals surface area contributed by atoms with E-state index in [2.05, 4.69) is 13.8 Å². The molecular weight excluding hydrogens is 250 g/mol. The third kappa shape index (κ3) is 3.75. The van der Waals surface area contributed by atoms with Crippen LogP contribution in [0.4, 0.5) is 0 Å². The first-order chi connectivity index (χ1) is 9.55. The second-order valence-electron chi connectivity index (χ2n) is 7.34. The van der Waals surface area contributed by atoms with Gasteiger partial charge >= 0.3 is 5.97 Å². The van der Waals surface area contributed by atoms with Crippen LogP contribution < -0.4 is 5.73 Å². The maximum atomic E-state index is 12.7. The van der Waals surface area contributed by atoms with E-state index in [4.69, 9.17) is 10.5 Å². The summed E-state index contributed by atoms with van der Waals surface area (Å²) < 4.78 is 5.90. The van der Waals surface area contributed by atoms with Crippen LogP contribution in [0.15, 0.2) is 0 Å². The Balaban J connectivity index is 1.97. The molecule has 0 aromatic heterocycles. The van der Waals surface area contributed by atoms with E-state index in [9.17, 15) is 4.79 Å². The number of hydrogen-bond donors (Lipinski definition) is 1. The maximum Gasteiger partial charge on any atom is 0.313 e. The molecule has 2 N–H and O–H groups in total. The van der Waals surface area contributed by atoms with Gasteiger partial charge in [0.25, 0.3) is 0 Å². The topological polar surface area (TPSA) is 52.3 Å². The first-order valence-corrected chi connectivity index (χ1v) is 8.47. The molecular formula is C17H31NO2. The average Bonchev–Trinajstić information content (AvgIpc) is 2.63. The Bertz CT molecular complexity index is 311. The van der Waals surface area contributed by atoms with E-state index in [0.717, 1.165) is 38.5 Å². The molecule has 3 heteroatoms. The van der Waals surface area contributed by atoms with Crippen LogP contribution in [0.1, 0.15) is 71.6 Å². The van der Waals surface area contributed by atoms with Gasteiger partial charge in [-0.25, -0.2) is 0 Å². The molecule has 2 fully saturated rings. The van der Waals surface area contributed by atoms with Crippen molar-refractivity contribution in [3.63, 3.8) is 0 Å². The van der Waals surface area contributed by atoms with Crippen molar-refractivity contribution in [3.8, 4) is 0 Å². The molecule has 0 saturated heterocycles. The minimum atomic E-state index is -0.388. The lowest BCUT2D eigenvalue weighted by molar-refractivity contribution is -0.165. The van der Waals surface area contributed by atoms with E-state index in [0.29, 0.717) is 18.4 Å². The molecule has 0 aromatic carbocycles. The number of ether oxygens (including phenoxy) is 1. The third-order valence-electron chi connectivity index (χ3n) is 5.29. The molecule has 0 spiro atoms. The number of nitrogens with two attached hydrogens (primary N) is 1. The van der Waals surface area contributed by atoms with Crippen molar-refractivity contribution in [2.45, 2.75) is 77.7 Å². The highest BCUT2D eigenvalue weighted by Gasteiger charge is 2.40. The molecule has 0 heterocycles. The van der Waals surface area contributed by atoms with Crippen LogP contribution in [-0.2, 0) is 9.53 Å². The summed E-state index contributed by atoms with van der Waals surface area (Å²) in [5.74, 6) is 1.33. The summed E-state index contributed by atoms with van der Waals surface area (Å²) in [6.45, 7) is 4.98. The van der Waals surface area contributed by atoms with E-state index < -0.39 is 0 Å². The highest BCUT2D eigenvalue weighted by atomic mass is 16.5. The fourth-order valence-electron chi connectivity index (χ4n) is 4.14. The summed E-state index contributed by atoms with van der Waals surface area (Å²) in [4.78, 5) is 12.7. The van der Waals surface area contributed by atoms with Gasteiger partial charge in [-0.1, -0.05) is 39.5 Å². The summed E-state index contributed by atoms with van der Waals surface area (Å²) in [7, 11) is 0. The van der Waals surface area contributed by atoms with Crippen molar-refractivity contribution in [1.29, 1.82) is 0 Å². The molecule has 3 nitrogen and oxygen atoms in total. The molecule has 2 aliphatic carbocycles. The van der Waals surface area contributed by atoms with Crippen molar-refractivity contribution >= 4 is 5.97 Å². The van der Waals surface area contributed by atoms with Crippen LogP contribution in [0.2, 0.25) is 0 Å². The molecule has 20 heavy (non-hydrogen) atoms. The minimum absolute atomic E-state index is 0.00630. The second kappa shape index (κ2) is 6.93. The number of esters is 1. The molecule has 2 saturated carbocycles. The molecule has 0 radical (unpaired) electrons. The first kappa shape index (κ1) is 15.8. The van der Waals surface area contributed by atoms with Gasteiger partial charge in [0.15, 0.2) is 0 Å². The molecule has 2 unspecified atom stereocenters. The fourth-order valence-corrected chi connectivity index (χ4v) is 4.14. The van der Waals surface area contributed by atoms with E-state index >= 15 is 0 Å². The Morgan fingerprint density at radius 1 is 1.05 bits per heavy atom. The van der Waals surface area contributed by atoms with Gasteiger partial charge in [0.1, 0.15) is 6.10 Å². The predicted octanol–water partition coefficient (Wildman–Crippen LogP) is 3.65. The van der Waals surface area contributed by atoms with Gasteiger partial charge in [0.2, 0.25) is 0 Å². The molecule has 2 rings (SSSR count). The zero-order valence-corrected chi connectivity index (χ0v) is 13.2. The highest BCUT2D eigenvalue weighted by Crippen LogP contribution is 2.37. The molecule has 0 aromatic rings. The fraction of sp³-hybridized carbons (Fsp3) is 0.941. The van der Waals surface area contributed by atoms with Crippen LogP contribution in [0.5, 0.6) is 0 Å². The van der Waals surface area contributed by atoms with Gasteiger partial charge in [-0.3, -0.25) is 4.79 Å². The normalized spacial score (nSPS) is 34.2. The van der Waals surface area contributed by atoms with Crippen molar-refractivity contribution in [2.75, 3.05) is 6.54 Å². The summed E-state index contributed by atoms with van der Waals surface area (Å²) in [5, 5.41) is 0. The summed E-state index contributed by atoms with van der Waals surface area (Å²) in [6, 6.07) is 0. The van der Waals surface area contributed by atoms with Crippen LogP contribution in [0.3, 0.4) is 0 Å². The molecule has 2 aliphatic rings. The smallest absolute Gasteiger partial charge is 0.313 e. The average molecular weight is 281 g/mol. The largest absolute Gasteiger partial charge is 0.462 e. The Morgan fingerprint density at radius 3 is 2.10 bits per heavy atom. The quantitative estimate of drug-likeness (QED) is 0.634. The third-order valence-corrected chi connectivity index (χ3v) is 5.29. The van der Waals surface area contributed by atoms with Gasteiger partial charge in [-0.05, 0) is 43.9 Å². The molecule has 116 valence electrons. The van der Waals surface area contributed by atoms with Gasteiger partial charge in [0, 0.05) is 6.54 Å². The number of hydrogen-bond acceptors (Lipinski definition) is 3. The zero-order valence-electron chi connectivity index (χ0n) is 13.2.